The highest BCUT2D eigenvalue weighted by atomic mass is 16.3. The third-order valence-corrected chi connectivity index (χ3v) is 2.60. The summed E-state index contributed by atoms with van der Waals surface area (Å²) >= 11 is 0. The van der Waals surface area contributed by atoms with E-state index in [4.69, 9.17) is 0 Å². The maximum absolute atomic E-state index is 9.52. The van der Waals surface area contributed by atoms with Gasteiger partial charge >= 0.3 is 0 Å². The normalized spacial score (nSPS) is 32.3. The van der Waals surface area contributed by atoms with Gasteiger partial charge in [0.05, 0.1) is 6.10 Å². The molecule has 0 bridgehead atoms. The molecule has 0 saturated heterocycles. The van der Waals surface area contributed by atoms with Crippen molar-refractivity contribution in [3.8, 4) is 0 Å². The Hall–Kier alpha value is -0.300. The molecule has 0 radical (unpaired) electrons. The van der Waals surface area contributed by atoms with Crippen molar-refractivity contribution in [2.24, 2.45) is 11.8 Å². The van der Waals surface area contributed by atoms with Gasteiger partial charge in [0.15, 0.2) is 0 Å². The first-order valence-electron chi connectivity index (χ1n) is 4.50. The maximum atomic E-state index is 9.52. The minimum absolute atomic E-state index is 0.193. The highest BCUT2D eigenvalue weighted by Crippen LogP contribution is 2.27. The molecule has 0 aromatic carbocycles. The quantitative estimate of drug-likeness (QED) is 0.575. The predicted octanol–water partition coefficient (Wildman–Crippen LogP) is 2.36. The fraction of sp³-hybridized carbons (Fsp3) is 0.800. The Kier molecular flexibility index (Phi) is 2.72. The molecule has 0 aromatic heterocycles. The molecule has 1 heteroatoms. The Morgan fingerprint density at radius 3 is 2.64 bits per heavy atom. The molecule has 0 fully saturated rings. The molecule has 64 valence electrons. The van der Waals surface area contributed by atoms with Crippen LogP contribution in [0.4, 0.5) is 0 Å². The average Bonchev–Trinajstić information content (AvgIpc) is 1.94. The summed E-state index contributed by atoms with van der Waals surface area (Å²) in [5.74, 6) is 1.06. The molecule has 0 unspecified atom stereocenters. The van der Waals surface area contributed by atoms with Crippen LogP contribution in [0.2, 0.25) is 0 Å². The third-order valence-electron chi connectivity index (χ3n) is 2.60. The second-order valence-corrected chi connectivity index (χ2v) is 3.90. The van der Waals surface area contributed by atoms with Crippen molar-refractivity contribution in [2.45, 2.75) is 39.7 Å². The highest BCUT2D eigenvalue weighted by Gasteiger charge is 2.19. The van der Waals surface area contributed by atoms with Gasteiger partial charge in [-0.25, -0.2) is 0 Å². The molecular formula is C10H18O. The Bertz CT molecular complexity index is 158. The lowest BCUT2D eigenvalue weighted by molar-refractivity contribution is 0.146. The number of aliphatic hydroxyl groups excluding tert-OH is 1. The zero-order valence-electron chi connectivity index (χ0n) is 7.67. The minimum Gasteiger partial charge on any atom is -0.389 e. The van der Waals surface area contributed by atoms with Gasteiger partial charge < -0.3 is 5.11 Å². The van der Waals surface area contributed by atoms with Crippen LogP contribution in [-0.2, 0) is 0 Å². The van der Waals surface area contributed by atoms with Crippen LogP contribution in [0.25, 0.3) is 0 Å². The van der Waals surface area contributed by atoms with E-state index in [1.165, 1.54) is 12.0 Å². The molecule has 11 heavy (non-hydrogen) atoms. The summed E-state index contributed by atoms with van der Waals surface area (Å²) in [4.78, 5) is 0. The number of aliphatic hydroxyl groups is 1. The van der Waals surface area contributed by atoms with Crippen molar-refractivity contribution in [3.63, 3.8) is 0 Å². The number of rotatable bonds is 1. The van der Waals surface area contributed by atoms with Gasteiger partial charge in [0.25, 0.3) is 0 Å². The summed E-state index contributed by atoms with van der Waals surface area (Å²) in [6, 6.07) is 0. The second-order valence-electron chi connectivity index (χ2n) is 3.90. The second kappa shape index (κ2) is 3.40. The fourth-order valence-corrected chi connectivity index (χ4v) is 1.51. The first-order chi connectivity index (χ1) is 5.11. The molecule has 1 aliphatic carbocycles. The Balaban J connectivity index is 2.63. The van der Waals surface area contributed by atoms with E-state index in [-0.39, 0.29) is 6.10 Å². The molecule has 0 aliphatic heterocycles. The molecular weight excluding hydrogens is 136 g/mol. The van der Waals surface area contributed by atoms with Crippen molar-refractivity contribution in [1.82, 2.24) is 0 Å². The monoisotopic (exact) mass is 154 g/mol. The van der Waals surface area contributed by atoms with E-state index in [1.54, 1.807) is 0 Å². The lowest BCUT2D eigenvalue weighted by Crippen LogP contribution is -2.21. The molecule has 0 heterocycles. The van der Waals surface area contributed by atoms with Crippen LogP contribution in [-0.4, -0.2) is 11.2 Å². The minimum atomic E-state index is -0.193. The first kappa shape index (κ1) is 8.79. The fourth-order valence-electron chi connectivity index (χ4n) is 1.51. The van der Waals surface area contributed by atoms with Gasteiger partial charge in [-0.2, -0.15) is 0 Å². The summed E-state index contributed by atoms with van der Waals surface area (Å²) in [7, 11) is 0. The molecule has 1 rings (SSSR count). The zero-order chi connectivity index (χ0) is 8.43. The summed E-state index contributed by atoms with van der Waals surface area (Å²) in [6.45, 7) is 6.49. The predicted molar refractivity (Wildman–Crippen MR) is 47.3 cm³/mol. The summed E-state index contributed by atoms with van der Waals surface area (Å²) in [5, 5.41) is 9.52. The van der Waals surface area contributed by atoms with Gasteiger partial charge in [0, 0.05) is 0 Å². The molecule has 1 N–H and O–H groups in total. The van der Waals surface area contributed by atoms with Crippen LogP contribution in [0.5, 0.6) is 0 Å². The van der Waals surface area contributed by atoms with Gasteiger partial charge in [-0.05, 0) is 24.7 Å². The lowest BCUT2D eigenvalue weighted by Gasteiger charge is -2.25. The van der Waals surface area contributed by atoms with Crippen LogP contribution in [0.3, 0.4) is 0 Å². The lowest BCUT2D eigenvalue weighted by atomic mass is 9.84. The zero-order valence-corrected chi connectivity index (χ0v) is 7.67. The Labute approximate surface area is 69.1 Å². The van der Waals surface area contributed by atoms with Crippen molar-refractivity contribution in [1.29, 1.82) is 0 Å². The Morgan fingerprint density at radius 2 is 2.18 bits per heavy atom. The summed E-state index contributed by atoms with van der Waals surface area (Å²) < 4.78 is 0. The van der Waals surface area contributed by atoms with E-state index in [0.717, 1.165) is 6.42 Å². The molecule has 2 atom stereocenters. The van der Waals surface area contributed by atoms with Crippen LogP contribution in [0.15, 0.2) is 11.6 Å². The van der Waals surface area contributed by atoms with Crippen LogP contribution in [0.1, 0.15) is 33.6 Å². The topological polar surface area (TPSA) is 20.2 Å². The van der Waals surface area contributed by atoms with E-state index in [1.807, 2.05) is 6.08 Å². The largest absolute Gasteiger partial charge is 0.389 e. The number of allylic oxidation sites excluding steroid dienone is 1. The number of hydrogen-bond donors (Lipinski definition) is 1. The van der Waals surface area contributed by atoms with Gasteiger partial charge in [-0.15, -0.1) is 0 Å². The Morgan fingerprint density at radius 1 is 1.55 bits per heavy atom. The van der Waals surface area contributed by atoms with Crippen LogP contribution in [0, 0.1) is 11.8 Å². The van der Waals surface area contributed by atoms with Gasteiger partial charge in [-0.3, -0.25) is 0 Å². The standard InChI is InChI=1S/C10H18O/c1-7(2)9-5-4-8(3)10(11)6-9/h6-8,10-11H,4-5H2,1-3H3/t8-,10+/m1/s1. The van der Waals surface area contributed by atoms with Gasteiger partial charge in [-0.1, -0.05) is 32.4 Å². The van der Waals surface area contributed by atoms with Gasteiger partial charge in [0.2, 0.25) is 0 Å². The molecule has 1 nitrogen and oxygen atoms in total. The van der Waals surface area contributed by atoms with Crippen molar-refractivity contribution in [3.05, 3.63) is 11.6 Å². The van der Waals surface area contributed by atoms with E-state index in [9.17, 15) is 5.11 Å². The van der Waals surface area contributed by atoms with Crippen molar-refractivity contribution in [2.75, 3.05) is 0 Å². The van der Waals surface area contributed by atoms with Crippen LogP contribution >= 0.6 is 0 Å². The molecule has 0 aromatic rings. The van der Waals surface area contributed by atoms with Crippen molar-refractivity contribution < 1.29 is 5.11 Å². The number of hydrogen-bond acceptors (Lipinski definition) is 1. The first-order valence-corrected chi connectivity index (χ1v) is 4.50. The summed E-state index contributed by atoms with van der Waals surface area (Å²) in [6.07, 6.45) is 4.17. The molecule has 0 saturated carbocycles. The molecule has 0 amide bonds. The average molecular weight is 154 g/mol. The highest BCUT2D eigenvalue weighted by molar-refractivity contribution is 5.11. The van der Waals surface area contributed by atoms with E-state index in [0.29, 0.717) is 11.8 Å². The van der Waals surface area contributed by atoms with Gasteiger partial charge in [0.1, 0.15) is 0 Å². The molecule has 0 spiro atoms. The van der Waals surface area contributed by atoms with E-state index in [2.05, 4.69) is 20.8 Å². The molecule has 1 aliphatic rings. The maximum Gasteiger partial charge on any atom is 0.0749 e. The van der Waals surface area contributed by atoms with Crippen molar-refractivity contribution >= 4 is 0 Å². The van der Waals surface area contributed by atoms with E-state index < -0.39 is 0 Å². The third kappa shape index (κ3) is 2.06. The SMILES string of the molecule is CC(C)C1=C[C@H](O)[C@H](C)CC1. The smallest absolute Gasteiger partial charge is 0.0749 e. The van der Waals surface area contributed by atoms with Crippen LogP contribution < -0.4 is 0 Å². The summed E-state index contributed by atoms with van der Waals surface area (Å²) in [5.41, 5.74) is 1.43. The van der Waals surface area contributed by atoms with E-state index >= 15 is 0 Å².